The van der Waals surface area contributed by atoms with Crippen molar-refractivity contribution in [3.63, 3.8) is 0 Å². The number of nitrogens with zero attached hydrogens (tertiary/aromatic N) is 3. The molecule has 1 aromatic heterocycles. The van der Waals surface area contributed by atoms with Crippen LogP contribution in [0.15, 0.2) is 188 Å². The lowest BCUT2D eigenvalue weighted by Gasteiger charge is -2.47. The molecule has 12 rings (SSSR count). The van der Waals surface area contributed by atoms with Crippen molar-refractivity contribution in [2.24, 2.45) is 0 Å². The van der Waals surface area contributed by atoms with E-state index in [2.05, 4.69) is 307 Å². The molecule has 79 heavy (non-hydrogen) atoms. The summed E-state index contributed by atoms with van der Waals surface area (Å²) in [6.07, 6.45) is 0. The van der Waals surface area contributed by atoms with E-state index in [0.717, 1.165) is 17.1 Å². The van der Waals surface area contributed by atoms with Crippen LogP contribution in [0.2, 0.25) is 0 Å². The Morgan fingerprint density at radius 1 is 0.354 bits per heavy atom. The average molecular weight is 1050 g/mol. The van der Waals surface area contributed by atoms with Crippen molar-refractivity contribution < 1.29 is 0 Å². The Morgan fingerprint density at radius 3 is 1.44 bits per heavy atom. The number of thiophene rings is 1. The van der Waals surface area contributed by atoms with Crippen LogP contribution in [0.3, 0.4) is 0 Å². The third-order valence-electron chi connectivity index (χ3n) is 16.8. The first kappa shape index (κ1) is 52.4. The molecule has 0 aliphatic carbocycles. The normalized spacial score (nSPS) is 13.7. The van der Waals surface area contributed by atoms with Gasteiger partial charge < -0.3 is 14.6 Å². The summed E-state index contributed by atoms with van der Waals surface area (Å²) in [4.78, 5) is 7.85. The molecule has 0 fully saturated rings. The summed E-state index contributed by atoms with van der Waals surface area (Å²) in [5.41, 5.74) is 23.3. The topological polar surface area (TPSA) is 9.72 Å². The Morgan fingerprint density at radius 2 is 0.861 bits per heavy atom. The standard InChI is InChI=1S/C74H76BN3S/c1-70(2,3)48-25-32-53(33-26-48)76(54-34-27-49(28-35-54)71(4,5)6)56-38-39-57-60-44-52(74(13,14)15)45-64-68(60)75(78(63(57)46-56)55-36-29-50(30-37-55)72(7,8)9)69-62(41-42-66-67(69)58-23-19-20-24-65(58)79-66)77(64)61-40-31-51(73(10,11)12)43-59(61)47-21-17-16-18-22-47/h16-46H,1-15H3. The van der Waals surface area contributed by atoms with E-state index in [4.69, 9.17) is 0 Å². The van der Waals surface area contributed by atoms with Gasteiger partial charge in [-0.1, -0.05) is 207 Å². The Labute approximate surface area is 475 Å². The van der Waals surface area contributed by atoms with Gasteiger partial charge in [-0.05, 0) is 173 Å². The van der Waals surface area contributed by atoms with Crippen molar-refractivity contribution in [3.8, 4) is 22.3 Å². The number of fused-ring (bicyclic) bond motifs is 8. The number of anilines is 8. The van der Waals surface area contributed by atoms with Crippen LogP contribution in [-0.4, -0.2) is 6.85 Å². The van der Waals surface area contributed by atoms with Crippen molar-refractivity contribution in [2.45, 2.75) is 131 Å². The zero-order valence-corrected chi connectivity index (χ0v) is 50.0. The van der Waals surface area contributed by atoms with Gasteiger partial charge in [-0.25, -0.2) is 0 Å². The van der Waals surface area contributed by atoms with Gasteiger partial charge in [0, 0.05) is 60.3 Å². The summed E-state index contributed by atoms with van der Waals surface area (Å²) in [6, 6.07) is 72.8. The molecule has 3 nitrogen and oxygen atoms in total. The molecule has 2 aliphatic heterocycles. The molecule has 10 aromatic rings. The lowest BCUT2D eigenvalue weighted by atomic mass is 9.42. The number of hydrogen-bond acceptors (Lipinski definition) is 4. The highest BCUT2D eigenvalue weighted by atomic mass is 32.1. The SMILES string of the molecule is CC(C)(C)c1ccc(N2B3c4c(cc(C(C)(C)C)cc4N(c4ccc(C(C)(C)C)cc4-c4ccccc4)c4ccc5sc6ccccc6c5c43)-c3ccc(N(c4ccc(C(C)(C)C)cc4)c4ccc(C(C)(C)C)cc4)cc32)cc1. The smallest absolute Gasteiger partial charge is 0.333 e. The number of benzene rings is 9. The average Bonchev–Trinajstić information content (AvgIpc) is 3.73. The third-order valence-corrected chi connectivity index (χ3v) is 18.0. The van der Waals surface area contributed by atoms with Crippen molar-refractivity contribution in [1.29, 1.82) is 0 Å². The first-order valence-corrected chi connectivity index (χ1v) is 29.3. The fourth-order valence-corrected chi connectivity index (χ4v) is 13.3. The lowest BCUT2D eigenvalue weighted by Crippen LogP contribution is -2.62. The van der Waals surface area contributed by atoms with Gasteiger partial charge in [0.1, 0.15) is 0 Å². The van der Waals surface area contributed by atoms with Gasteiger partial charge in [-0.3, -0.25) is 0 Å². The lowest BCUT2D eigenvalue weighted by molar-refractivity contribution is 0.590. The van der Waals surface area contributed by atoms with Crippen LogP contribution in [-0.2, 0) is 27.1 Å². The van der Waals surface area contributed by atoms with E-state index in [1.807, 2.05) is 11.3 Å². The molecule has 9 aromatic carbocycles. The van der Waals surface area contributed by atoms with Crippen molar-refractivity contribution in [3.05, 3.63) is 216 Å². The highest BCUT2D eigenvalue weighted by molar-refractivity contribution is 7.26. The molecule has 0 spiro atoms. The largest absolute Gasteiger partial charge is 0.376 e. The monoisotopic (exact) mass is 1050 g/mol. The summed E-state index contributed by atoms with van der Waals surface area (Å²) in [7, 11) is 0. The molecule has 0 amide bonds. The van der Waals surface area contributed by atoms with Gasteiger partial charge in [0.2, 0.25) is 0 Å². The van der Waals surface area contributed by atoms with Crippen LogP contribution in [0, 0.1) is 0 Å². The zero-order valence-electron chi connectivity index (χ0n) is 49.2. The van der Waals surface area contributed by atoms with Gasteiger partial charge in [-0.15, -0.1) is 11.3 Å². The summed E-state index contributed by atoms with van der Waals surface area (Å²) in [5, 5.41) is 2.63. The molecule has 0 N–H and O–H groups in total. The highest BCUT2D eigenvalue weighted by Crippen LogP contribution is 2.53. The molecule has 0 radical (unpaired) electrons. The van der Waals surface area contributed by atoms with Crippen molar-refractivity contribution in [1.82, 2.24) is 0 Å². The Hall–Kier alpha value is -7.34. The van der Waals surface area contributed by atoms with E-state index in [0.29, 0.717) is 0 Å². The van der Waals surface area contributed by atoms with Crippen LogP contribution in [0.1, 0.15) is 132 Å². The van der Waals surface area contributed by atoms with Gasteiger partial charge in [0.25, 0.3) is 0 Å². The Balaban J connectivity index is 1.21. The van der Waals surface area contributed by atoms with Gasteiger partial charge in [0.15, 0.2) is 0 Å². The molecule has 5 heteroatoms. The molecule has 0 saturated carbocycles. The van der Waals surface area contributed by atoms with Gasteiger partial charge in [-0.2, -0.15) is 0 Å². The zero-order chi connectivity index (χ0) is 55.7. The molecule has 0 saturated heterocycles. The molecular formula is C74H76BN3S. The third kappa shape index (κ3) is 9.16. The van der Waals surface area contributed by atoms with Crippen LogP contribution in [0.5, 0.6) is 0 Å². The van der Waals surface area contributed by atoms with Crippen LogP contribution in [0.4, 0.5) is 45.5 Å². The summed E-state index contributed by atoms with van der Waals surface area (Å²) in [6.45, 7) is 34.6. The van der Waals surface area contributed by atoms with E-state index < -0.39 is 0 Å². The molecule has 3 heterocycles. The maximum atomic E-state index is 2.72. The second-order valence-corrected chi connectivity index (χ2v) is 28.6. The van der Waals surface area contributed by atoms with Crippen molar-refractivity contribution >= 4 is 94.8 Å². The maximum Gasteiger partial charge on any atom is 0.333 e. The summed E-state index contributed by atoms with van der Waals surface area (Å²) >= 11 is 1.91. The maximum absolute atomic E-state index is 2.72. The number of hydrogen-bond donors (Lipinski definition) is 0. The fraction of sp³-hybridized carbons (Fsp3) is 0.270. The second kappa shape index (κ2) is 18.6. The van der Waals surface area contributed by atoms with Crippen molar-refractivity contribution in [2.75, 3.05) is 14.6 Å². The Bertz CT molecular complexity index is 3910. The summed E-state index contributed by atoms with van der Waals surface area (Å²) < 4.78 is 2.60. The van der Waals surface area contributed by atoms with Crippen LogP contribution in [0.25, 0.3) is 42.4 Å². The fourth-order valence-electron chi connectivity index (χ4n) is 12.2. The Kier molecular flexibility index (Phi) is 12.4. The number of rotatable bonds is 6. The molecule has 0 atom stereocenters. The van der Waals surface area contributed by atoms with Crippen LogP contribution >= 0.6 is 11.3 Å². The van der Waals surface area contributed by atoms with E-state index in [-0.39, 0.29) is 33.9 Å². The van der Waals surface area contributed by atoms with E-state index in [9.17, 15) is 0 Å². The predicted octanol–water partition coefficient (Wildman–Crippen LogP) is 20.4. The highest BCUT2D eigenvalue weighted by Gasteiger charge is 2.47. The first-order chi connectivity index (χ1) is 37.3. The van der Waals surface area contributed by atoms with E-state index >= 15 is 0 Å². The second-order valence-electron chi connectivity index (χ2n) is 27.6. The quantitative estimate of drug-likeness (QED) is 0.154. The van der Waals surface area contributed by atoms with E-state index in [1.54, 1.807) is 0 Å². The minimum atomic E-state index is -0.199. The first-order valence-electron chi connectivity index (χ1n) is 28.5. The van der Waals surface area contributed by atoms with Crippen LogP contribution < -0.4 is 25.5 Å². The molecule has 0 unspecified atom stereocenters. The molecular weight excluding hydrogens is 974 g/mol. The molecule has 0 bridgehead atoms. The minimum Gasteiger partial charge on any atom is -0.376 e. The van der Waals surface area contributed by atoms with Gasteiger partial charge >= 0.3 is 6.85 Å². The molecule has 2 aliphatic rings. The summed E-state index contributed by atoms with van der Waals surface area (Å²) in [5.74, 6) is 0. The molecule has 396 valence electrons. The minimum absolute atomic E-state index is 0.0150. The van der Waals surface area contributed by atoms with Gasteiger partial charge in [0.05, 0.1) is 5.69 Å². The predicted molar refractivity (Wildman–Crippen MR) is 347 cm³/mol. The van der Waals surface area contributed by atoms with E-state index in [1.165, 1.54) is 110 Å².